The monoisotopic (exact) mass is 360 g/mol. The second kappa shape index (κ2) is 7.35. The Balaban J connectivity index is 1.31. The second-order valence-electron chi connectivity index (χ2n) is 7.74. The van der Waals surface area contributed by atoms with Crippen molar-refractivity contribution < 1.29 is 19.0 Å². The summed E-state index contributed by atoms with van der Waals surface area (Å²) in [7, 11) is 0. The summed E-state index contributed by atoms with van der Waals surface area (Å²) in [4.78, 5) is 12.2. The molecule has 1 aliphatic carbocycles. The lowest BCUT2D eigenvalue weighted by molar-refractivity contribution is -0.105. The van der Waals surface area contributed by atoms with E-state index in [9.17, 15) is 4.79 Å². The average Bonchev–Trinajstić information content (AvgIpc) is 2.97. The van der Waals surface area contributed by atoms with Gasteiger partial charge in [0.2, 0.25) is 0 Å². The average molecular weight is 360 g/mol. The van der Waals surface area contributed by atoms with Crippen LogP contribution in [-0.4, -0.2) is 31.1 Å². The molecule has 142 valence electrons. The van der Waals surface area contributed by atoms with Gasteiger partial charge in [0.15, 0.2) is 11.5 Å². The minimum Gasteiger partial charge on any atom is -0.448 e. The van der Waals surface area contributed by atoms with Crippen LogP contribution in [0.2, 0.25) is 0 Å². The highest BCUT2D eigenvalue weighted by molar-refractivity contribution is 5.89. The Labute approximate surface area is 154 Å². The molecule has 1 aromatic carbocycles. The molecule has 1 saturated heterocycles. The first-order chi connectivity index (χ1) is 12.6. The van der Waals surface area contributed by atoms with Crippen LogP contribution in [0.25, 0.3) is 0 Å². The van der Waals surface area contributed by atoms with Crippen LogP contribution in [0.4, 0.5) is 10.5 Å². The largest absolute Gasteiger partial charge is 0.448 e. The van der Waals surface area contributed by atoms with E-state index in [4.69, 9.17) is 14.2 Å². The summed E-state index contributed by atoms with van der Waals surface area (Å²) in [6, 6.07) is 5.42. The number of rotatable bonds is 3. The molecule has 6 nitrogen and oxygen atoms in total. The maximum absolute atomic E-state index is 12.2. The van der Waals surface area contributed by atoms with Crippen molar-refractivity contribution in [3.8, 4) is 11.5 Å². The highest BCUT2D eigenvalue weighted by atomic mass is 16.7. The van der Waals surface area contributed by atoms with Crippen molar-refractivity contribution in [1.82, 2.24) is 5.32 Å². The molecule has 0 unspecified atom stereocenters. The molecular weight excluding hydrogens is 332 g/mol. The van der Waals surface area contributed by atoms with Crippen LogP contribution in [0.15, 0.2) is 18.2 Å². The lowest BCUT2D eigenvalue weighted by Crippen LogP contribution is -2.40. The fourth-order valence-corrected chi connectivity index (χ4v) is 4.16. The van der Waals surface area contributed by atoms with Gasteiger partial charge in [0, 0.05) is 37.7 Å². The zero-order chi connectivity index (χ0) is 18.0. The minimum atomic E-state index is -0.485. The fourth-order valence-electron chi connectivity index (χ4n) is 4.16. The van der Waals surface area contributed by atoms with Gasteiger partial charge in [-0.15, -0.1) is 0 Å². The molecule has 0 aromatic heterocycles. The molecule has 2 aliphatic heterocycles. The lowest BCUT2D eigenvalue weighted by Gasteiger charge is -2.31. The minimum absolute atomic E-state index is 0.185. The molecular formula is C20H28N2O4. The van der Waals surface area contributed by atoms with E-state index in [1.54, 1.807) is 0 Å². The Kier molecular flexibility index (Phi) is 4.94. The van der Waals surface area contributed by atoms with Crippen LogP contribution >= 0.6 is 0 Å². The molecule has 0 radical (unpaired) electrons. The maximum atomic E-state index is 12.2. The molecule has 2 amide bonds. The number of carbonyl (C=O) groups is 1. The number of nitrogens with one attached hydrogen (secondary N) is 2. The third-order valence-electron chi connectivity index (χ3n) is 5.55. The molecule has 1 spiro atoms. The molecule has 2 heterocycles. The second-order valence-corrected chi connectivity index (χ2v) is 7.74. The van der Waals surface area contributed by atoms with Crippen LogP contribution in [0.5, 0.6) is 11.5 Å². The summed E-state index contributed by atoms with van der Waals surface area (Å²) in [6.07, 6.45) is 7.62. The van der Waals surface area contributed by atoms with Crippen molar-refractivity contribution >= 4 is 11.7 Å². The van der Waals surface area contributed by atoms with Crippen LogP contribution in [-0.2, 0) is 4.74 Å². The predicted octanol–water partition coefficient (Wildman–Crippen LogP) is 4.05. The number of ether oxygens (including phenoxy) is 3. The van der Waals surface area contributed by atoms with E-state index in [1.807, 2.05) is 18.2 Å². The zero-order valence-electron chi connectivity index (χ0n) is 15.4. The summed E-state index contributed by atoms with van der Waals surface area (Å²) in [5, 5.41) is 5.87. The number of anilines is 1. The van der Waals surface area contributed by atoms with Crippen LogP contribution < -0.4 is 20.1 Å². The highest BCUT2D eigenvalue weighted by Gasteiger charge is 2.42. The topological polar surface area (TPSA) is 68.8 Å². The van der Waals surface area contributed by atoms with E-state index in [0.29, 0.717) is 12.5 Å². The molecule has 2 atom stereocenters. The van der Waals surface area contributed by atoms with E-state index in [1.165, 1.54) is 6.42 Å². The van der Waals surface area contributed by atoms with E-state index in [-0.39, 0.29) is 12.1 Å². The molecule has 1 aromatic rings. The van der Waals surface area contributed by atoms with Crippen LogP contribution in [0, 0.1) is 5.92 Å². The highest BCUT2D eigenvalue weighted by Crippen LogP contribution is 2.46. The normalized spacial score (nSPS) is 26.5. The molecule has 26 heavy (non-hydrogen) atoms. The van der Waals surface area contributed by atoms with Gasteiger partial charge in [-0.3, -0.25) is 0 Å². The van der Waals surface area contributed by atoms with E-state index >= 15 is 0 Å². The molecule has 0 bridgehead atoms. The van der Waals surface area contributed by atoms with Gasteiger partial charge in [-0.1, -0.05) is 6.42 Å². The van der Waals surface area contributed by atoms with Gasteiger partial charge < -0.3 is 24.8 Å². The molecule has 2 fully saturated rings. The van der Waals surface area contributed by atoms with Gasteiger partial charge in [0.25, 0.3) is 5.79 Å². The molecule has 6 heteroatoms. The predicted molar refractivity (Wildman–Crippen MR) is 98.7 cm³/mol. The number of benzene rings is 1. The number of amides is 2. The summed E-state index contributed by atoms with van der Waals surface area (Å²) in [5.74, 6) is 1.49. The van der Waals surface area contributed by atoms with Crippen molar-refractivity contribution in [3.05, 3.63) is 18.2 Å². The van der Waals surface area contributed by atoms with Crippen LogP contribution in [0.1, 0.15) is 51.9 Å². The quantitative estimate of drug-likeness (QED) is 0.853. The van der Waals surface area contributed by atoms with Gasteiger partial charge in [0.05, 0.1) is 6.10 Å². The Morgan fingerprint density at radius 2 is 2.00 bits per heavy atom. The van der Waals surface area contributed by atoms with Crippen molar-refractivity contribution in [1.29, 1.82) is 0 Å². The van der Waals surface area contributed by atoms with E-state index in [0.717, 1.165) is 62.3 Å². The number of hydrogen-bond acceptors (Lipinski definition) is 4. The van der Waals surface area contributed by atoms with Gasteiger partial charge in [-0.25, -0.2) is 4.79 Å². The van der Waals surface area contributed by atoms with E-state index in [2.05, 4.69) is 17.6 Å². The standard InChI is InChI=1S/C20H28N2O4/c1-14-11-15(7-10-24-14)13-21-19(23)22-16-5-6-17-18(12-16)26-20(25-17)8-3-2-4-9-20/h5-6,12,14-15H,2-4,7-11,13H2,1H3,(H2,21,22,23)/t14-,15-/m0/s1. The number of urea groups is 1. The third-order valence-corrected chi connectivity index (χ3v) is 5.55. The summed E-state index contributed by atoms with van der Waals surface area (Å²) < 4.78 is 17.7. The third kappa shape index (κ3) is 3.90. The lowest BCUT2D eigenvalue weighted by atomic mass is 9.94. The van der Waals surface area contributed by atoms with Crippen molar-refractivity contribution in [2.45, 2.75) is 63.8 Å². The summed E-state index contributed by atoms with van der Waals surface area (Å²) in [6.45, 7) is 3.53. The summed E-state index contributed by atoms with van der Waals surface area (Å²) >= 11 is 0. The van der Waals surface area contributed by atoms with Gasteiger partial charge in [-0.2, -0.15) is 0 Å². The first kappa shape index (κ1) is 17.5. The molecule has 2 N–H and O–H groups in total. The number of fused-ring (bicyclic) bond motifs is 1. The first-order valence-electron chi connectivity index (χ1n) is 9.80. The van der Waals surface area contributed by atoms with Gasteiger partial charge in [0.1, 0.15) is 0 Å². The molecule has 1 saturated carbocycles. The van der Waals surface area contributed by atoms with Crippen LogP contribution in [0.3, 0.4) is 0 Å². The Morgan fingerprint density at radius 1 is 1.19 bits per heavy atom. The Morgan fingerprint density at radius 3 is 2.81 bits per heavy atom. The number of hydrogen-bond donors (Lipinski definition) is 2. The van der Waals surface area contributed by atoms with Crippen molar-refractivity contribution in [3.63, 3.8) is 0 Å². The molecule has 4 rings (SSSR count). The van der Waals surface area contributed by atoms with Gasteiger partial charge in [-0.05, 0) is 50.7 Å². The zero-order valence-corrected chi connectivity index (χ0v) is 15.4. The van der Waals surface area contributed by atoms with Gasteiger partial charge >= 0.3 is 6.03 Å². The first-order valence-corrected chi connectivity index (χ1v) is 9.80. The van der Waals surface area contributed by atoms with Crippen molar-refractivity contribution in [2.75, 3.05) is 18.5 Å². The van der Waals surface area contributed by atoms with E-state index < -0.39 is 5.79 Å². The fraction of sp³-hybridized carbons (Fsp3) is 0.650. The Bertz CT molecular complexity index is 657. The SMILES string of the molecule is C[C@H]1C[C@@H](CNC(=O)Nc2ccc3c(c2)OC2(CCCCC2)O3)CCO1. The smallest absolute Gasteiger partial charge is 0.319 e. The number of carbonyl (C=O) groups excluding carboxylic acids is 1. The molecule has 3 aliphatic rings. The maximum Gasteiger partial charge on any atom is 0.319 e. The Hall–Kier alpha value is -1.95. The summed E-state index contributed by atoms with van der Waals surface area (Å²) in [5.41, 5.74) is 0.720. The van der Waals surface area contributed by atoms with Crippen molar-refractivity contribution in [2.24, 2.45) is 5.92 Å².